The van der Waals surface area contributed by atoms with Gasteiger partial charge in [0.15, 0.2) is 0 Å². The third kappa shape index (κ3) is 3.34. The van der Waals surface area contributed by atoms with Gasteiger partial charge >= 0.3 is 0 Å². The molecular formula is C15H13N3O2. The molecule has 1 aromatic carbocycles. The normalized spacial score (nSPS) is 9.45. The van der Waals surface area contributed by atoms with E-state index in [1.54, 1.807) is 30.3 Å². The fourth-order valence-corrected chi connectivity index (χ4v) is 1.59. The summed E-state index contributed by atoms with van der Waals surface area (Å²) in [6, 6.07) is 10.0. The largest absolute Gasteiger partial charge is 0.328 e. The topological polar surface area (TPSA) is 88.0 Å². The van der Waals surface area contributed by atoms with Gasteiger partial charge in [-0.05, 0) is 36.4 Å². The minimum absolute atomic E-state index is 0.0690. The first-order valence-corrected chi connectivity index (χ1v) is 5.99. The standard InChI is InChI=1S/C15H13N3O2/c16-9-1-3-11-5-7-12(8-6-11)18-15(20)13-4-2-10-17-14(13)19/h2,4-8,10H,9,16H2,(H,17,19)(H,18,20). The second-order valence-electron chi connectivity index (χ2n) is 3.95. The summed E-state index contributed by atoms with van der Waals surface area (Å²) in [4.78, 5) is 25.8. The van der Waals surface area contributed by atoms with Crippen molar-refractivity contribution in [1.82, 2.24) is 4.98 Å². The first kappa shape index (κ1) is 13.6. The van der Waals surface area contributed by atoms with Gasteiger partial charge in [-0.25, -0.2) is 0 Å². The highest BCUT2D eigenvalue weighted by Crippen LogP contribution is 2.09. The van der Waals surface area contributed by atoms with E-state index in [4.69, 9.17) is 5.73 Å². The Morgan fingerprint density at radius 3 is 2.65 bits per heavy atom. The fourth-order valence-electron chi connectivity index (χ4n) is 1.59. The number of aromatic amines is 1. The number of nitrogens with one attached hydrogen (secondary N) is 2. The summed E-state index contributed by atoms with van der Waals surface area (Å²) >= 11 is 0. The van der Waals surface area contributed by atoms with E-state index in [1.165, 1.54) is 12.3 Å². The van der Waals surface area contributed by atoms with Crippen LogP contribution in [0, 0.1) is 11.8 Å². The highest BCUT2D eigenvalue weighted by Gasteiger charge is 2.09. The van der Waals surface area contributed by atoms with Gasteiger partial charge in [-0.1, -0.05) is 11.8 Å². The van der Waals surface area contributed by atoms with Crippen molar-refractivity contribution in [3.63, 3.8) is 0 Å². The molecule has 0 saturated heterocycles. The molecule has 100 valence electrons. The number of pyridine rings is 1. The van der Waals surface area contributed by atoms with Crippen molar-refractivity contribution in [3.05, 3.63) is 64.1 Å². The molecule has 2 aromatic rings. The zero-order valence-electron chi connectivity index (χ0n) is 10.6. The lowest BCUT2D eigenvalue weighted by molar-refractivity contribution is 0.102. The monoisotopic (exact) mass is 267 g/mol. The van der Waals surface area contributed by atoms with E-state index >= 15 is 0 Å². The Hall–Kier alpha value is -2.84. The molecule has 0 bridgehead atoms. The molecule has 1 heterocycles. The van der Waals surface area contributed by atoms with E-state index in [2.05, 4.69) is 22.1 Å². The summed E-state index contributed by atoms with van der Waals surface area (Å²) in [6.07, 6.45) is 1.48. The number of aromatic nitrogens is 1. The number of benzene rings is 1. The van der Waals surface area contributed by atoms with E-state index in [-0.39, 0.29) is 5.56 Å². The smallest absolute Gasteiger partial charge is 0.261 e. The second kappa shape index (κ2) is 6.36. The lowest BCUT2D eigenvalue weighted by Crippen LogP contribution is -2.22. The Bertz CT molecular complexity index is 721. The van der Waals surface area contributed by atoms with Crippen LogP contribution in [0.5, 0.6) is 0 Å². The molecular weight excluding hydrogens is 254 g/mol. The minimum atomic E-state index is -0.451. The maximum Gasteiger partial charge on any atom is 0.261 e. The van der Waals surface area contributed by atoms with Crippen LogP contribution in [0.2, 0.25) is 0 Å². The predicted octanol–water partition coefficient (Wildman–Crippen LogP) is 0.937. The fraction of sp³-hybridized carbons (Fsp3) is 0.0667. The van der Waals surface area contributed by atoms with Crippen molar-refractivity contribution in [3.8, 4) is 11.8 Å². The summed E-state index contributed by atoms with van der Waals surface area (Å²) in [5, 5.41) is 2.65. The first-order valence-electron chi connectivity index (χ1n) is 5.99. The van der Waals surface area contributed by atoms with Crippen LogP contribution in [0.15, 0.2) is 47.4 Å². The molecule has 4 N–H and O–H groups in total. The molecule has 0 atom stereocenters. The van der Waals surface area contributed by atoms with Crippen LogP contribution in [0.1, 0.15) is 15.9 Å². The zero-order valence-corrected chi connectivity index (χ0v) is 10.6. The lowest BCUT2D eigenvalue weighted by atomic mass is 10.2. The quantitative estimate of drug-likeness (QED) is 0.707. The maximum absolute atomic E-state index is 11.9. The van der Waals surface area contributed by atoms with Crippen LogP contribution >= 0.6 is 0 Å². The number of carbonyl (C=O) groups is 1. The van der Waals surface area contributed by atoms with Gasteiger partial charge in [-0.3, -0.25) is 9.59 Å². The van der Waals surface area contributed by atoms with Crippen molar-refractivity contribution < 1.29 is 4.79 Å². The number of rotatable bonds is 2. The van der Waals surface area contributed by atoms with Gasteiger partial charge in [0.25, 0.3) is 11.5 Å². The van der Waals surface area contributed by atoms with Gasteiger partial charge in [0.05, 0.1) is 6.54 Å². The van der Waals surface area contributed by atoms with Crippen LogP contribution in [0.25, 0.3) is 0 Å². The van der Waals surface area contributed by atoms with Gasteiger partial charge in [0, 0.05) is 17.4 Å². The number of H-pyrrole nitrogens is 1. The second-order valence-corrected chi connectivity index (χ2v) is 3.95. The average molecular weight is 267 g/mol. The number of amides is 1. The molecule has 5 nitrogen and oxygen atoms in total. The Balaban J connectivity index is 2.13. The van der Waals surface area contributed by atoms with E-state index in [0.29, 0.717) is 12.2 Å². The minimum Gasteiger partial charge on any atom is -0.328 e. The molecule has 0 unspecified atom stereocenters. The number of nitrogens with two attached hydrogens (primary N) is 1. The van der Waals surface area contributed by atoms with E-state index in [0.717, 1.165) is 5.56 Å². The van der Waals surface area contributed by atoms with Crippen molar-refractivity contribution in [2.45, 2.75) is 0 Å². The third-order valence-corrected chi connectivity index (χ3v) is 2.54. The molecule has 1 amide bonds. The Kier molecular flexibility index (Phi) is 4.32. The zero-order chi connectivity index (χ0) is 14.4. The molecule has 2 rings (SSSR count). The number of carbonyl (C=O) groups excluding carboxylic acids is 1. The number of hydrogen-bond donors (Lipinski definition) is 3. The molecule has 0 aliphatic heterocycles. The summed E-state index contributed by atoms with van der Waals surface area (Å²) in [5.41, 5.74) is 6.34. The van der Waals surface area contributed by atoms with Crippen LogP contribution < -0.4 is 16.6 Å². The SMILES string of the molecule is NCC#Cc1ccc(NC(=O)c2ccc[nH]c2=O)cc1. The Morgan fingerprint density at radius 2 is 2.00 bits per heavy atom. The first-order chi connectivity index (χ1) is 9.70. The molecule has 0 aliphatic rings. The predicted molar refractivity (Wildman–Crippen MR) is 77.4 cm³/mol. The molecule has 0 saturated carbocycles. The molecule has 5 heteroatoms. The Morgan fingerprint density at radius 1 is 1.25 bits per heavy atom. The van der Waals surface area contributed by atoms with Crippen molar-refractivity contribution in [2.75, 3.05) is 11.9 Å². The van der Waals surface area contributed by atoms with Gasteiger partial charge in [-0.15, -0.1) is 0 Å². The summed E-state index contributed by atoms with van der Waals surface area (Å²) < 4.78 is 0. The number of anilines is 1. The molecule has 0 aliphatic carbocycles. The van der Waals surface area contributed by atoms with Gasteiger partial charge in [-0.2, -0.15) is 0 Å². The number of hydrogen-bond acceptors (Lipinski definition) is 3. The van der Waals surface area contributed by atoms with E-state index in [9.17, 15) is 9.59 Å². The van der Waals surface area contributed by atoms with Gasteiger partial charge in [0.2, 0.25) is 0 Å². The molecule has 0 fully saturated rings. The van der Waals surface area contributed by atoms with E-state index < -0.39 is 11.5 Å². The van der Waals surface area contributed by atoms with Crippen LogP contribution in [0.4, 0.5) is 5.69 Å². The van der Waals surface area contributed by atoms with Crippen LogP contribution in [-0.4, -0.2) is 17.4 Å². The maximum atomic E-state index is 11.9. The van der Waals surface area contributed by atoms with Crippen LogP contribution in [0.3, 0.4) is 0 Å². The van der Waals surface area contributed by atoms with Gasteiger partial charge < -0.3 is 16.0 Å². The van der Waals surface area contributed by atoms with Crippen molar-refractivity contribution in [2.24, 2.45) is 5.73 Å². The van der Waals surface area contributed by atoms with Gasteiger partial charge in [0.1, 0.15) is 5.56 Å². The summed E-state index contributed by atoms with van der Waals surface area (Å²) in [7, 11) is 0. The summed E-state index contributed by atoms with van der Waals surface area (Å²) in [6.45, 7) is 0.301. The summed E-state index contributed by atoms with van der Waals surface area (Å²) in [5.74, 6) is 5.17. The molecule has 0 radical (unpaired) electrons. The Labute approximate surface area is 115 Å². The molecule has 20 heavy (non-hydrogen) atoms. The molecule has 1 aromatic heterocycles. The molecule has 0 spiro atoms. The van der Waals surface area contributed by atoms with Crippen molar-refractivity contribution >= 4 is 11.6 Å². The van der Waals surface area contributed by atoms with E-state index in [1.807, 2.05) is 0 Å². The lowest BCUT2D eigenvalue weighted by Gasteiger charge is -2.04. The highest BCUT2D eigenvalue weighted by molar-refractivity contribution is 6.03. The third-order valence-electron chi connectivity index (χ3n) is 2.54. The highest BCUT2D eigenvalue weighted by atomic mass is 16.2. The van der Waals surface area contributed by atoms with Crippen molar-refractivity contribution in [1.29, 1.82) is 0 Å². The van der Waals surface area contributed by atoms with Crippen LogP contribution in [-0.2, 0) is 0 Å². The average Bonchev–Trinajstić information content (AvgIpc) is 2.47.